The highest BCUT2D eigenvalue weighted by Gasteiger charge is 2.32. The first-order valence-corrected chi connectivity index (χ1v) is 7.29. The van der Waals surface area contributed by atoms with Crippen molar-refractivity contribution in [2.75, 3.05) is 0 Å². The van der Waals surface area contributed by atoms with Gasteiger partial charge in [0.15, 0.2) is 0 Å². The minimum atomic E-state index is 0.114. The largest absolute Gasteiger partial charge is 0.271 e. The van der Waals surface area contributed by atoms with E-state index < -0.39 is 0 Å². The van der Waals surface area contributed by atoms with Gasteiger partial charge in [0, 0.05) is 18.2 Å². The van der Waals surface area contributed by atoms with Crippen LogP contribution in [0.15, 0.2) is 36.5 Å². The average molecular weight is 270 g/mol. The lowest BCUT2D eigenvalue weighted by Crippen LogP contribution is -2.34. The first-order valence-electron chi connectivity index (χ1n) is 7.29. The molecule has 2 atom stereocenters. The van der Waals surface area contributed by atoms with Gasteiger partial charge in [0.05, 0.1) is 11.7 Å². The molecule has 1 aromatic heterocycles. The molecule has 20 heavy (non-hydrogen) atoms. The van der Waals surface area contributed by atoms with Crippen LogP contribution >= 0.6 is 0 Å². The van der Waals surface area contributed by atoms with E-state index >= 15 is 0 Å². The number of rotatable bonds is 4. The third-order valence-electron chi connectivity index (χ3n) is 4.27. The summed E-state index contributed by atoms with van der Waals surface area (Å²) < 4.78 is 2.06. The average Bonchev–Trinajstić information content (AvgIpc) is 3.07. The molecule has 1 aliphatic carbocycles. The lowest BCUT2D eigenvalue weighted by atomic mass is 9.91. The quantitative estimate of drug-likeness (QED) is 0.663. The topological polar surface area (TPSA) is 55.9 Å². The molecule has 0 spiro atoms. The van der Waals surface area contributed by atoms with E-state index in [1.165, 1.54) is 16.8 Å². The van der Waals surface area contributed by atoms with Crippen LogP contribution in [-0.4, -0.2) is 9.78 Å². The molecule has 0 fully saturated rings. The molecule has 2 unspecified atom stereocenters. The Kier molecular flexibility index (Phi) is 3.59. The van der Waals surface area contributed by atoms with Crippen molar-refractivity contribution in [3.63, 3.8) is 0 Å². The van der Waals surface area contributed by atoms with Crippen molar-refractivity contribution in [3.05, 3.63) is 53.3 Å². The van der Waals surface area contributed by atoms with Gasteiger partial charge in [-0.15, -0.1) is 0 Å². The van der Waals surface area contributed by atoms with E-state index in [4.69, 9.17) is 5.84 Å². The lowest BCUT2D eigenvalue weighted by molar-refractivity contribution is 0.399. The fourth-order valence-electron chi connectivity index (χ4n) is 3.35. The Bertz CT molecular complexity index is 588. The van der Waals surface area contributed by atoms with Gasteiger partial charge >= 0.3 is 0 Å². The van der Waals surface area contributed by atoms with E-state index in [-0.39, 0.29) is 6.04 Å². The maximum Gasteiger partial charge on any atom is 0.0697 e. The van der Waals surface area contributed by atoms with Gasteiger partial charge < -0.3 is 0 Å². The number of nitrogens with zero attached hydrogens (tertiary/aromatic N) is 2. The molecule has 2 aromatic rings. The molecule has 0 amide bonds. The van der Waals surface area contributed by atoms with Crippen LogP contribution in [0.5, 0.6) is 0 Å². The second-order valence-electron chi connectivity index (χ2n) is 5.78. The van der Waals surface area contributed by atoms with Crippen LogP contribution in [0.25, 0.3) is 0 Å². The second kappa shape index (κ2) is 5.38. The van der Waals surface area contributed by atoms with E-state index in [1.807, 2.05) is 6.20 Å². The maximum atomic E-state index is 5.88. The fourth-order valence-corrected chi connectivity index (χ4v) is 3.35. The van der Waals surface area contributed by atoms with Crippen molar-refractivity contribution in [2.24, 2.45) is 5.84 Å². The second-order valence-corrected chi connectivity index (χ2v) is 5.78. The van der Waals surface area contributed by atoms with Crippen molar-refractivity contribution >= 4 is 0 Å². The fraction of sp³-hybridized carbons (Fsp3) is 0.438. The minimum Gasteiger partial charge on any atom is -0.271 e. The van der Waals surface area contributed by atoms with Crippen LogP contribution < -0.4 is 11.3 Å². The molecule has 0 bridgehead atoms. The molecule has 4 heteroatoms. The number of aromatic nitrogens is 2. The highest BCUT2D eigenvalue weighted by atomic mass is 15.3. The van der Waals surface area contributed by atoms with Gasteiger partial charge in [-0.1, -0.05) is 24.3 Å². The van der Waals surface area contributed by atoms with Gasteiger partial charge in [0.1, 0.15) is 0 Å². The molecule has 0 radical (unpaired) electrons. The lowest BCUT2D eigenvalue weighted by Gasteiger charge is -2.25. The van der Waals surface area contributed by atoms with Gasteiger partial charge in [-0.2, -0.15) is 5.10 Å². The van der Waals surface area contributed by atoms with Crippen molar-refractivity contribution in [1.29, 1.82) is 0 Å². The normalized spacial score (nSPS) is 19.3. The summed E-state index contributed by atoms with van der Waals surface area (Å²) in [5.41, 5.74) is 7.07. The molecule has 106 valence electrons. The van der Waals surface area contributed by atoms with Crippen LogP contribution in [0.2, 0.25) is 0 Å². The number of nitrogens with two attached hydrogens (primary N) is 1. The Balaban J connectivity index is 1.97. The van der Waals surface area contributed by atoms with E-state index in [0.29, 0.717) is 12.0 Å². The molecule has 3 N–H and O–H groups in total. The highest BCUT2D eigenvalue weighted by molar-refractivity contribution is 5.37. The predicted molar refractivity (Wildman–Crippen MR) is 80.2 cm³/mol. The zero-order valence-corrected chi connectivity index (χ0v) is 12.1. The Morgan fingerprint density at radius 1 is 1.30 bits per heavy atom. The van der Waals surface area contributed by atoms with Crippen LogP contribution in [-0.2, 0) is 6.42 Å². The van der Waals surface area contributed by atoms with Crippen molar-refractivity contribution in [2.45, 2.75) is 44.7 Å². The molecule has 1 heterocycles. The smallest absolute Gasteiger partial charge is 0.0697 e. The van der Waals surface area contributed by atoms with Crippen molar-refractivity contribution in [3.8, 4) is 0 Å². The summed E-state index contributed by atoms with van der Waals surface area (Å²) in [5.74, 6) is 6.30. The summed E-state index contributed by atoms with van der Waals surface area (Å²) in [7, 11) is 0. The van der Waals surface area contributed by atoms with Crippen LogP contribution in [0.3, 0.4) is 0 Å². The van der Waals surface area contributed by atoms with Crippen LogP contribution in [0, 0.1) is 0 Å². The summed E-state index contributed by atoms with van der Waals surface area (Å²) >= 11 is 0. The first-order chi connectivity index (χ1) is 9.72. The van der Waals surface area contributed by atoms with Gasteiger partial charge in [0.2, 0.25) is 0 Å². The number of aryl methyl sites for hydroxylation is 1. The molecule has 1 aliphatic rings. The highest BCUT2D eigenvalue weighted by Crippen LogP contribution is 2.41. The van der Waals surface area contributed by atoms with Crippen molar-refractivity contribution in [1.82, 2.24) is 15.2 Å². The van der Waals surface area contributed by atoms with E-state index in [0.717, 1.165) is 12.8 Å². The number of benzene rings is 1. The summed E-state index contributed by atoms with van der Waals surface area (Å²) in [6, 6.07) is 11.2. The molecule has 0 saturated carbocycles. The Morgan fingerprint density at radius 2 is 2.10 bits per heavy atom. The summed E-state index contributed by atoms with van der Waals surface area (Å²) in [6.45, 7) is 4.29. The number of hydrogen-bond donors (Lipinski definition) is 2. The minimum absolute atomic E-state index is 0.114. The van der Waals surface area contributed by atoms with Crippen molar-refractivity contribution < 1.29 is 0 Å². The van der Waals surface area contributed by atoms with E-state index in [1.54, 1.807) is 0 Å². The summed E-state index contributed by atoms with van der Waals surface area (Å²) in [4.78, 5) is 0. The Hall–Kier alpha value is -1.65. The van der Waals surface area contributed by atoms with Crippen LogP contribution in [0.4, 0.5) is 0 Å². The number of hydrogen-bond acceptors (Lipinski definition) is 3. The molecule has 4 nitrogen and oxygen atoms in total. The Labute approximate surface area is 120 Å². The van der Waals surface area contributed by atoms with Crippen LogP contribution in [0.1, 0.15) is 55.1 Å². The maximum absolute atomic E-state index is 5.88. The van der Waals surface area contributed by atoms with E-state index in [9.17, 15) is 0 Å². The van der Waals surface area contributed by atoms with Gasteiger partial charge in [-0.05, 0) is 43.9 Å². The molecule has 1 aromatic carbocycles. The number of nitrogens with one attached hydrogen (secondary N) is 1. The summed E-state index contributed by atoms with van der Waals surface area (Å²) in [6.07, 6.45) is 4.13. The third kappa shape index (κ3) is 2.15. The first kappa shape index (κ1) is 13.3. The molecular weight excluding hydrogens is 248 g/mol. The molecular formula is C16H22N4. The predicted octanol–water partition coefficient (Wildman–Crippen LogP) is 2.70. The molecule has 0 saturated heterocycles. The monoisotopic (exact) mass is 270 g/mol. The molecule has 3 rings (SSSR count). The van der Waals surface area contributed by atoms with Gasteiger partial charge in [-0.25, -0.2) is 0 Å². The SMILES string of the molecule is CC(C)n1nccc1C(NN)C1CCc2ccccc21. The van der Waals surface area contributed by atoms with E-state index in [2.05, 4.69) is 59.4 Å². The number of hydrazine groups is 1. The van der Waals surface area contributed by atoms with Gasteiger partial charge in [0.25, 0.3) is 0 Å². The summed E-state index contributed by atoms with van der Waals surface area (Å²) in [5, 5.41) is 4.43. The Morgan fingerprint density at radius 3 is 2.85 bits per heavy atom. The zero-order valence-electron chi connectivity index (χ0n) is 12.1. The zero-order chi connectivity index (χ0) is 14.1. The number of fused-ring (bicyclic) bond motifs is 1. The third-order valence-corrected chi connectivity index (χ3v) is 4.27. The van der Waals surface area contributed by atoms with Gasteiger partial charge in [-0.3, -0.25) is 16.0 Å². The molecule has 0 aliphatic heterocycles. The standard InChI is InChI=1S/C16H22N4/c1-11(2)20-15(9-10-18-20)16(19-17)14-8-7-12-5-3-4-6-13(12)14/h3-6,9-11,14,16,19H,7-8,17H2,1-2H3.